The molecule has 0 spiro atoms. The average molecular weight is 425 g/mol. The number of rotatable bonds is 6. The number of carbonyl (C=O) groups is 1. The first-order chi connectivity index (χ1) is 13.3. The lowest BCUT2D eigenvalue weighted by molar-refractivity contribution is -0.384. The summed E-state index contributed by atoms with van der Waals surface area (Å²) in [6.45, 7) is -0.0454. The Morgan fingerprint density at radius 1 is 1.14 bits per heavy atom. The molecule has 0 bridgehead atoms. The van der Waals surface area contributed by atoms with Gasteiger partial charge in [0.05, 0.1) is 20.7 Å². The van der Waals surface area contributed by atoms with Gasteiger partial charge in [-0.3, -0.25) is 14.9 Å². The first-order valence-corrected chi connectivity index (χ1v) is 8.51. The van der Waals surface area contributed by atoms with Gasteiger partial charge in [-0.05, 0) is 36.4 Å². The molecule has 0 aliphatic heterocycles. The molecule has 0 fully saturated rings. The van der Waals surface area contributed by atoms with E-state index in [1.807, 2.05) is 0 Å². The van der Waals surface area contributed by atoms with Gasteiger partial charge in [0.25, 0.3) is 11.6 Å². The lowest BCUT2D eigenvalue weighted by atomic mass is 10.2. The van der Waals surface area contributed by atoms with E-state index in [2.05, 4.69) is 5.32 Å². The minimum atomic E-state index is -0.645. The number of halogens is 3. The Bertz CT molecular complexity index is 1050. The van der Waals surface area contributed by atoms with Crippen molar-refractivity contribution >= 4 is 40.5 Å². The van der Waals surface area contributed by atoms with E-state index in [9.17, 15) is 19.3 Å². The molecule has 0 atom stereocenters. The zero-order valence-electron chi connectivity index (χ0n) is 13.9. The summed E-state index contributed by atoms with van der Waals surface area (Å²) < 4.78 is 23.8. The van der Waals surface area contributed by atoms with Crippen LogP contribution in [0.5, 0.6) is 5.75 Å². The van der Waals surface area contributed by atoms with Gasteiger partial charge in [-0.1, -0.05) is 23.2 Å². The number of carbonyl (C=O) groups excluding carboxylic acids is 1. The maximum Gasteiger partial charge on any atom is 0.291 e. The Balaban J connectivity index is 1.67. The summed E-state index contributed by atoms with van der Waals surface area (Å²) >= 11 is 11.8. The topological polar surface area (TPSA) is 94.6 Å². The number of amides is 1. The predicted octanol–water partition coefficient (Wildman–Crippen LogP) is 5.47. The normalized spacial score (nSPS) is 10.5. The molecule has 3 rings (SSSR count). The van der Waals surface area contributed by atoms with Gasteiger partial charge in [-0.2, -0.15) is 0 Å². The molecule has 1 N–H and O–H groups in total. The van der Waals surface area contributed by atoms with Crippen LogP contribution < -0.4 is 10.1 Å². The molecule has 0 saturated heterocycles. The number of benzene rings is 2. The molecule has 0 radical (unpaired) electrons. The van der Waals surface area contributed by atoms with Crippen molar-refractivity contribution in [2.24, 2.45) is 0 Å². The summed E-state index contributed by atoms with van der Waals surface area (Å²) in [5.74, 6) is -0.613. The Hall–Kier alpha value is -3.10. The van der Waals surface area contributed by atoms with E-state index in [1.165, 1.54) is 36.4 Å². The Labute approximate surface area is 167 Å². The van der Waals surface area contributed by atoms with Crippen LogP contribution in [0.25, 0.3) is 0 Å². The number of anilines is 1. The molecule has 0 saturated carbocycles. The molecule has 28 heavy (non-hydrogen) atoms. The highest BCUT2D eigenvalue weighted by molar-refractivity contribution is 6.34. The Morgan fingerprint density at radius 2 is 1.93 bits per heavy atom. The number of ether oxygens (including phenoxy) is 1. The molecule has 3 aromatic rings. The SMILES string of the molecule is O=C(Nc1cc([N+](=O)[O-])ccc1Cl)c1ccc(COc2ccc(F)cc2Cl)o1. The fourth-order valence-corrected chi connectivity index (χ4v) is 2.61. The fourth-order valence-electron chi connectivity index (χ4n) is 2.23. The van der Waals surface area contributed by atoms with Crippen LogP contribution in [0.4, 0.5) is 15.8 Å². The fraction of sp³-hybridized carbons (Fsp3) is 0.0556. The lowest BCUT2D eigenvalue weighted by Crippen LogP contribution is -2.11. The van der Waals surface area contributed by atoms with Gasteiger partial charge >= 0.3 is 0 Å². The largest absolute Gasteiger partial charge is 0.484 e. The highest BCUT2D eigenvalue weighted by Crippen LogP contribution is 2.28. The van der Waals surface area contributed by atoms with Gasteiger partial charge in [0.1, 0.15) is 23.9 Å². The summed E-state index contributed by atoms with van der Waals surface area (Å²) in [6.07, 6.45) is 0. The molecule has 0 aliphatic rings. The number of nitrogens with zero attached hydrogens (tertiary/aromatic N) is 1. The van der Waals surface area contributed by atoms with E-state index in [-0.39, 0.29) is 39.5 Å². The zero-order chi connectivity index (χ0) is 20.3. The van der Waals surface area contributed by atoms with Crippen molar-refractivity contribution in [1.29, 1.82) is 0 Å². The van der Waals surface area contributed by atoms with Crippen molar-refractivity contribution in [3.8, 4) is 5.75 Å². The third-order valence-corrected chi connectivity index (χ3v) is 4.18. The predicted molar refractivity (Wildman–Crippen MR) is 101 cm³/mol. The molecule has 1 aromatic heterocycles. The molecule has 1 heterocycles. The van der Waals surface area contributed by atoms with Gasteiger partial charge in [0, 0.05) is 12.1 Å². The number of nitrogens with one attached hydrogen (secondary N) is 1. The summed E-state index contributed by atoms with van der Waals surface area (Å²) in [7, 11) is 0. The van der Waals surface area contributed by atoms with Gasteiger partial charge in [0.2, 0.25) is 0 Å². The Morgan fingerprint density at radius 3 is 2.64 bits per heavy atom. The second-order valence-corrected chi connectivity index (χ2v) is 6.32. The van der Waals surface area contributed by atoms with Gasteiger partial charge in [-0.15, -0.1) is 0 Å². The summed E-state index contributed by atoms with van der Waals surface area (Å²) in [6, 6.07) is 10.3. The molecular formula is C18H11Cl2FN2O5. The van der Waals surface area contributed by atoms with Crippen LogP contribution in [0.15, 0.2) is 52.9 Å². The van der Waals surface area contributed by atoms with Crippen molar-refractivity contribution in [3.63, 3.8) is 0 Å². The minimum absolute atomic E-state index is 0.0454. The summed E-state index contributed by atoms with van der Waals surface area (Å²) in [5.41, 5.74) is -0.141. The smallest absolute Gasteiger partial charge is 0.291 e. The second kappa shape index (κ2) is 8.28. The van der Waals surface area contributed by atoms with Crippen LogP contribution >= 0.6 is 23.2 Å². The van der Waals surface area contributed by atoms with Gasteiger partial charge in [0.15, 0.2) is 5.76 Å². The number of non-ortho nitro benzene ring substituents is 1. The quantitative estimate of drug-likeness (QED) is 0.418. The van der Waals surface area contributed by atoms with E-state index < -0.39 is 16.6 Å². The molecule has 0 unspecified atom stereocenters. The van der Waals surface area contributed by atoms with E-state index in [0.29, 0.717) is 5.76 Å². The highest BCUT2D eigenvalue weighted by atomic mass is 35.5. The van der Waals surface area contributed by atoms with Crippen molar-refractivity contribution in [1.82, 2.24) is 0 Å². The third kappa shape index (κ3) is 4.59. The molecule has 2 aromatic carbocycles. The van der Waals surface area contributed by atoms with Gasteiger partial charge < -0.3 is 14.5 Å². The second-order valence-electron chi connectivity index (χ2n) is 5.50. The van der Waals surface area contributed by atoms with Gasteiger partial charge in [-0.25, -0.2) is 4.39 Å². The minimum Gasteiger partial charge on any atom is -0.484 e. The van der Waals surface area contributed by atoms with E-state index in [4.69, 9.17) is 32.4 Å². The zero-order valence-corrected chi connectivity index (χ0v) is 15.5. The van der Waals surface area contributed by atoms with Crippen LogP contribution in [0.3, 0.4) is 0 Å². The van der Waals surface area contributed by atoms with Crippen molar-refractivity contribution in [2.45, 2.75) is 6.61 Å². The third-order valence-electron chi connectivity index (χ3n) is 3.56. The van der Waals surface area contributed by atoms with Crippen LogP contribution in [0.2, 0.25) is 10.0 Å². The van der Waals surface area contributed by atoms with E-state index in [0.717, 1.165) is 12.1 Å². The summed E-state index contributed by atoms with van der Waals surface area (Å²) in [5, 5.41) is 13.5. The van der Waals surface area contributed by atoms with Crippen molar-refractivity contribution in [3.05, 3.63) is 86.0 Å². The Kier molecular flexibility index (Phi) is 5.81. The number of hydrogen-bond acceptors (Lipinski definition) is 5. The number of nitro groups is 1. The molecule has 0 aliphatic carbocycles. The number of hydrogen-bond donors (Lipinski definition) is 1. The molecule has 10 heteroatoms. The molecule has 7 nitrogen and oxygen atoms in total. The van der Waals surface area contributed by atoms with Crippen molar-refractivity contribution < 1.29 is 23.3 Å². The van der Waals surface area contributed by atoms with Crippen molar-refractivity contribution in [2.75, 3.05) is 5.32 Å². The number of furan rings is 1. The van der Waals surface area contributed by atoms with Crippen LogP contribution in [-0.4, -0.2) is 10.8 Å². The van der Waals surface area contributed by atoms with Crippen LogP contribution in [-0.2, 0) is 6.61 Å². The monoisotopic (exact) mass is 424 g/mol. The first-order valence-electron chi connectivity index (χ1n) is 7.75. The summed E-state index contributed by atoms with van der Waals surface area (Å²) in [4.78, 5) is 22.5. The first kappa shape index (κ1) is 19.7. The van der Waals surface area contributed by atoms with Crippen LogP contribution in [0.1, 0.15) is 16.3 Å². The molecule has 1 amide bonds. The standard InChI is InChI=1S/C18H11Cl2FN2O5/c19-13-4-2-11(23(25)26)8-15(13)22-18(24)17-6-3-12(28-17)9-27-16-5-1-10(21)7-14(16)20/h1-8H,9H2,(H,22,24). The molecule has 144 valence electrons. The lowest BCUT2D eigenvalue weighted by Gasteiger charge is -2.07. The highest BCUT2D eigenvalue weighted by Gasteiger charge is 2.16. The maximum atomic E-state index is 13.0. The van der Waals surface area contributed by atoms with E-state index in [1.54, 1.807) is 0 Å². The molecular weight excluding hydrogens is 414 g/mol. The maximum absolute atomic E-state index is 13.0. The van der Waals surface area contributed by atoms with E-state index >= 15 is 0 Å². The average Bonchev–Trinajstić information content (AvgIpc) is 3.12. The van der Waals surface area contributed by atoms with Crippen LogP contribution in [0, 0.1) is 15.9 Å². The number of nitro benzene ring substituents is 1.